The van der Waals surface area contributed by atoms with E-state index in [1.807, 2.05) is 13.8 Å². The van der Waals surface area contributed by atoms with Crippen molar-refractivity contribution in [3.63, 3.8) is 0 Å². The second-order valence-electron chi connectivity index (χ2n) is 3.23. The molecule has 1 atom stereocenters. The first-order valence-electron chi connectivity index (χ1n) is 5.04. The molecular formula is C9H16N4O2. The molecule has 1 unspecified atom stereocenters. The first kappa shape index (κ1) is 11.6. The van der Waals surface area contributed by atoms with Crippen molar-refractivity contribution in [2.24, 2.45) is 0 Å². The van der Waals surface area contributed by atoms with Gasteiger partial charge in [0.15, 0.2) is 0 Å². The lowest BCUT2D eigenvalue weighted by molar-refractivity contribution is 0.0904. The number of rotatable bonds is 5. The van der Waals surface area contributed by atoms with Crippen molar-refractivity contribution in [3.8, 4) is 0 Å². The van der Waals surface area contributed by atoms with Gasteiger partial charge in [-0.2, -0.15) is 0 Å². The highest BCUT2D eigenvalue weighted by atomic mass is 16.3. The number of hydrogen-bond acceptors (Lipinski definition) is 4. The molecule has 0 aliphatic rings. The lowest BCUT2D eigenvalue weighted by Gasteiger charge is -2.07. The van der Waals surface area contributed by atoms with Crippen LogP contribution in [0.2, 0.25) is 0 Å². The van der Waals surface area contributed by atoms with Crippen LogP contribution in [-0.2, 0) is 6.42 Å². The molecule has 0 aliphatic heterocycles. The van der Waals surface area contributed by atoms with Crippen molar-refractivity contribution < 1.29 is 9.90 Å². The van der Waals surface area contributed by atoms with E-state index in [0.29, 0.717) is 18.7 Å². The van der Waals surface area contributed by atoms with Crippen LogP contribution in [0.25, 0.3) is 0 Å². The molecule has 0 saturated carbocycles. The predicted octanol–water partition coefficient (Wildman–Crippen LogP) is -0.132. The number of nitrogens with zero attached hydrogens (tertiary/aromatic N) is 2. The van der Waals surface area contributed by atoms with Crippen molar-refractivity contribution in [3.05, 3.63) is 11.6 Å². The first-order chi connectivity index (χ1) is 7.17. The van der Waals surface area contributed by atoms with Crippen LogP contribution in [0.15, 0.2) is 0 Å². The van der Waals surface area contributed by atoms with Gasteiger partial charge in [0.05, 0.1) is 6.10 Å². The average molecular weight is 212 g/mol. The number of amides is 1. The molecule has 0 bridgehead atoms. The van der Waals surface area contributed by atoms with E-state index in [2.05, 4.69) is 20.5 Å². The summed E-state index contributed by atoms with van der Waals surface area (Å²) in [6.45, 7) is 3.99. The molecule has 0 saturated heterocycles. The Bertz CT molecular complexity index is 324. The summed E-state index contributed by atoms with van der Waals surface area (Å²) in [6, 6.07) is 0. The van der Waals surface area contributed by atoms with Gasteiger partial charge in [0, 0.05) is 13.0 Å². The molecule has 6 nitrogen and oxygen atoms in total. The number of carbonyl (C=O) groups excluding carboxylic acids is 1. The fourth-order valence-electron chi connectivity index (χ4n) is 0.989. The van der Waals surface area contributed by atoms with Gasteiger partial charge in [-0.05, 0) is 6.42 Å². The standard InChI is InChI=1S/C9H16N4O2/c1-3-6(14)5-10-9(15)8-11-7(4-2)12-13-8/h6,14H,3-5H2,1-2H3,(H,10,15)(H,11,12,13). The minimum absolute atomic E-state index is 0.121. The fraction of sp³-hybridized carbons (Fsp3) is 0.667. The van der Waals surface area contributed by atoms with E-state index < -0.39 is 6.10 Å². The van der Waals surface area contributed by atoms with Gasteiger partial charge < -0.3 is 10.4 Å². The molecule has 1 aromatic heterocycles. The molecule has 0 fully saturated rings. The number of aromatic nitrogens is 3. The van der Waals surface area contributed by atoms with Gasteiger partial charge in [0.25, 0.3) is 5.91 Å². The van der Waals surface area contributed by atoms with E-state index in [0.717, 1.165) is 0 Å². The Morgan fingerprint density at radius 2 is 2.33 bits per heavy atom. The van der Waals surface area contributed by atoms with Gasteiger partial charge >= 0.3 is 0 Å². The minimum atomic E-state index is -0.515. The molecule has 0 spiro atoms. The Hall–Kier alpha value is -1.43. The fourth-order valence-corrected chi connectivity index (χ4v) is 0.989. The number of aliphatic hydroxyl groups excluding tert-OH is 1. The highest BCUT2D eigenvalue weighted by molar-refractivity contribution is 5.90. The number of carbonyl (C=O) groups is 1. The second kappa shape index (κ2) is 5.45. The van der Waals surface area contributed by atoms with Crippen LogP contribution in [-0.4, -0.2) is 38.8 Å². The number of H-pyrrole nitrogens is 1. The van der Waals surface area contributed by atoms with Crippen LogP contribution in [0.3, 0.4) is 0 Å². The number of aryl methyl sites for hydroxylation is 1. The normalized spacial score (nSPS) is 12.5. The van der Waals surface area contributed by atoms with Gasteiger partial charge in [-0.3, -0.25) is 9.89 Å². The van der Waals surface area contributed by atoms with Crippen molar-refractivity contribution in [1.29, 1.82) is 0 Å². The summed E-state index contributed by atoms with van der Waals surface area (Å²) in [6.07, 6.45) is 0.797. The third-order valence-electron chi connectivity index (χ3n) is 2.04. The topological polar surface area (TPSA) is 90.9 Å². The molecule has 84 valence electrons. The molecule has 6 heteroatoms. The predicted molar refractivity (Wildman–Crippen MR) is 54.4 cm³/mol. The monoisotopic (exact) mass is 212 g/mol. The second-order valence-corrected chi connectivity index (χ2v) is 3.23. The third kappa shape index (κ3) is 3.32. The van der Waals surface area contributed by atoms with Gasteiger partial charge in [-0.15, -0.1) is 5.10 Å². The molecule has 3 N–H and O–H groups in total. The number of nitrogens with one attached hydrogen (secondary N) is 2. The largest absolute Gasteiger partial charge is 0.391 e. The van der Waals surface area contributed by atoms with Crippen LogP contribution in [0, 0.1) is 0 Å². The Kier molecular flexibility index (Phi) is 4.23. The van der Waals surface area contributed by atoms with E-state index >= 15 is 0 Å². The summed E-state index contributed by atoms with van der Waals surface area (Å²) in [7, 11) is 0. The molecule has 1 aromatic rings. The number of aromatic amines is 1. The molecule has 15 heavy (non-hydrogen) atoms. The number of hydrogen-bond donors (Lipinski definition) is 3. The highest BCUT2D eigenvalue weighted by Crippen LogP contribution is 1.94. The first-order valence-corrected chi connectivity index (χ1v) is 5.04. The third-order valence-corrected chi connectivity index (χ3v) is 2.04. The van der Waals surface area contributed by atoms with Gasteiger partial charge in [-0.25, -0.2) is 4.98 Å². The molecule has 1 rings (SSSR count). The zero-order valence-electron chi connectivity index (χ0n) is 8.95. The lowest BCUT2D eigenvalue weighted by Crippen LogP contribution is -2.32. The molecule has 0 aliphatic carbocycles. The SMILES string of the molecule is CCc1nc(C(=O)NCC(O)CC)n[nH]1. The van der Waals surface area contributed by atoms with Crippen molar-refractivity contribution in [1.82, 2.24) is 20.5 Å². The van der Waals surface area contributed by atoms with Crippen LogP contribution in [0.1, 0.15) is 36.7 Å². The van der Waals surface area contributed by atoms with Gasteiger partial charge in [0.2, 0.25) is 5.82 Å². The van der Waals surface area contributed by atoms with E-state index in [-0.39, 0.29) is 18.3 Å². The maximum atomic E-state index is 11.4. The minimum Gasteiger partial charge on any atom is -0.391 e. The van der Waals surface area contributed by atoms with Crippen molar-refractivity contribution in [2.75, 3.05) is 6.54 Å². The van der Waals surface area contributed by atoms with Crippen LogP contribution < -0.4 is 5.32 Å². The summed E-state index contributed by atoms with van der Waals surface area (Å²) >= 11 is 0. The van der Waals surface area contributed by atoms with Gasteiger partial charge in [0.1, 0.15) is 5.82 Å². The zero-order chi connectivity index (χ0) is 11.3. The van der Waals surface area contributed by atoms with Crippen molar-refractivity contribution >= 4 is 5.91 Å². The lowest BCUT2D eigenvalue weighted by atomic mass is 10.3. The zero-order valence-corrected chi connectivity index (χ0v) is 8.95. The van der Waals surface area contributed by atoms with Crippen LogP contribution in [0.5, 0.6) is 0 Å². The summed E-state index contributed by atoms with van der Waals surface area (Å²) in [4.78, 5) is 15.4. The summed E-state index contributed by atoms with van der Waals surface area (Å²) in [5, 5.41) is 18.2. The molecular weight excluding hydrogens is 196 g/mol. The van der Waals surface area contributed by atoms with Crippen molar-refractivity contribution in [2.45, 2.75) is 32.8 Å². The maximum absolute atomic E-state index is 11.4. The molecule has 0 aromatic carbocycles. The van der Waals surface area contributed by atoms with E-state index in [1.165, 1.54) is 0 Å². The van der Waals surface area contributed by atoms with Crippen LogP contribution in [0.4, 0.5) is 0 Å². The molecule has 1 heterocycles. The maximum Gasteiger partial charge on any atom is 0.291 e. The van der Waals surface area contributed by atoms with E-state index in [9.17, 15) is 9.90 Å². The highest BCUT2D eigenvalue weighted by Gasteiger charge is 2.12. The Labute approximate surface area is 88.1 Å². The Morgan fingerprint density at radius 1 is 1.60 bits per heavy atom. The van der Waals surface area contributed by atoms with Gasteiger partial charge in [-0.1, -0.05) is 13.8 Å². The van der Waals surface area contributed by atoms with Crippen LogP contribution >= 0.6 is 0 Å². The summed E-state index contributed by atoms with van der Waals surface area (Å²) < 4.78 is 0. The summed E-state index contributed by atoms with van der Waals surface area (Å²) in [5.41, 5.74) is 0. The van der Waals surface area contributed by atoms with E-state index in [1.54, 1.807) is 0 Å². The quantitative estimate of drug-likeness (QED) is 0.634. The Balaban J connectivity index is 2.46. The molecule has 1 amide bonds. The molecule has 0 radical (unpaired) electrons. The smallest absolute Gasteiger partial charge is 0.291 e. The average Bonchev–Trinajstić information content (AvgIpc) is 2.73. The summed E-state index contributed by atoms with van der Waals surface area (Å²) in [5.74, 6) is 0.435. The number of aliphatic hydroxyl groups is 1. The Morgan fingerprint density at radius 3 is 2.87 bits per heavy atom. The van der Waals surface area contributed by atoms with E-state index in [4.69, 9.17) is 0 Å².